The normalized spacial score (nSPS) is 11.8. The van der Waals surface area contributed by atoms with Crippen LogP contribution in [0.3, 0.4) is 0 Å². The first-order valence-electron chi connectivity index (χ1n) is 7.27. The minimum absolute atomic E-state index is 0.0177. The molecule has 6 heteroatoms. The molecule has 0 saturated heterocycles. The monoisotopic (exact) mass is 377 g/mol. The Morgan fingerprint density at radius 1 is 1.08 bits per heavy atom. The number of carbonyl (C=O) groups is 1. The Morgan fingerprint density at radius 3 is 2.46 bits per heavy atom. The third-order valence-corrected chi connectivity index (χ3v) is 5.27. The molecule has 3 aromatic rings. The molecule has 122 valence electrons. The van der Waals surface area contributed by atoms with Gasteiger partial charge in [-0.25, -0.2) is 4.98 Å². The van der Waals surface area contributed by atoms with Crippen LogP contribution in [0.25, 0.3) is 21.9 Å². The van der Waals surface area contributed by atoms with E-state index in [1.54, 1.807) is 18.2 Å². The third kappa shape index (κ3) is 3.78. The van der Waals surface area contributed by atoms with E-state index in [1.165, 1.54) is 11.3 Å². The molecule has 0 aliphatic rings. The van der Waals surface area contributed by atoms with Crippen molar-refractivity contribution in [1.82, 2.24) is 4.98 Å². The Hall–Kier alpha value is -1.88. The van der Waals surface area contributed by atoms with Crippen molar-refractivity contribution in [2.45, 2.75) is 12.8 Å². The summed E-state index contributed by atoms with van der Waals surface area (Å²) in [5.74, 6) is -0.854. The number of aliphatic carboxylic acids is 1. The zero-order valence-corrected chi connectivity index (χ0v) is 14.8. The minimum atomic E-state index is -0.854. The van der Waals surface area contributed by atoms with Crippen LogP contribution >= 0.6 is 34.5 Å². The minimum Gasteiger partial charge on any atom is -0.481 e. The molecule has 0 saturated carbocycles. The van der Waals surface area contributed by atoms with Gasteiger partial charge in [-0.05, 0) is 42.3 Å². The Bertz CT molecular complexity index is 880. The van der Waals surface area contributed by atoms with E-state index in [-0.39, 0.29) is 6.42 Å². The van der Waals surface area contributed by atoms with Crippen molar-refractivity contribution in [2.24, 2.45) is 0 Å². The van der Waals surface area contributed by atoms with E-state index in [4.69, 9.17) is 28.3 Å². The van der Waals surface area contributed by atoms with Crippen LogP contribution in [-0.2, 0) is 4.79 Å². The summed E-state index contributed by atoms with van der Waals surface area (Å²) >= 11 is 14.0. The van der Waals surface area contributed by atoms with E-state index in [1.807, 2.05) is 30.3 Å². The van der Waals surface area contributed by atoms with Crippen LogP contribution in [0.1, 0.15) is 23.4 Å². The molecule has 0 aliphatic carbocycles. The first kappa shape index (κ1) is 17.0. The van der Waals surface area contributed by atoms with Crippen molar-refractivity contribution in [3.05, 3.63) is 63.1 Å². The summed E-state index contributed by atoms with van der Waals surface area (Å²) in [6, 6.07) is 13.1. The molecular formula is C18H13Cl2NO2S. The number of fused-ring (bicyclic) bond motifs is 1. The first-order chi connectivity index (χ1) is 11.5. The predicted octanol–water partition coefficient (Wildman–Crippen LogP) is 6.01. The molecule has 2 aromatic carbocycles. The lowest BCUT2D eigenvalue weighted by Crippen LogP contribution is -1.95. The molecule has 3 nitrogen and oxygen atoms in total. The van der Waals surface area contributed by atoms with Crippen molar-refractivity contribution in [1.29, 1.82) is 0 Å². The zero-order valence-electron chi connectivity index (χ0n) is 12.5. The van der Waals surface area contributed by atoms with E-state index < -0.39 is 5.97 Å². The van der Waals surface area contributed by atoms with Crippen molar-refractivity contribution < 1.29 is 9.90 Å². The second-order valence-electron chi connectivity index (χ2n) is 5.19. The molecule has 0 radical (unpaired) electrons. The predicted molar refractivity (Wildman–Crippen MR) is 101 cm³/mol. The molecule has 0 spiro atoms. The summed E-state index contributed by atoms with van der Waals surface area (Å²) in [5.41, 5.74) is 2.39. The largest absolute Gasteiger partial charge is 0.481 e. The SMILES string of the molecule is O=C(O)CC/C(=C\c1c(Cl)cccc1Cl)c1nc2ccccc2s1. The number of carboxylic acids is 1. The molecule has 3 rings (SSSR count). The van der Waals surface area contributed by atoms with E-state index in [0.717, 1.165) is 20.8 Å². The topological polar surface area (TPSA) is 50.2 Å². The van der Waals surface area contributed by atoms with Crippen molar-refractivity contribution in [3.8, 4) is 0 Å². The van der Waals surface area contributed by atoms with Gasteiger partial charge in [0.1, 0.15) is 5.01 Å². The van der Waals surface area contributed by atoms with Gasteiger partial charge in [-0.1, -0.05) is 41.4 Å². The molecule has 0 aliphatic heterocycles. The number of rotatable bonds is 5. The molecule has 0 bridgehead atoms. The first-order valence-corrected chi connectivity index (χ1v) is 8.84. The maximum absolute atomic E-state index is 11.0. The average molecular weight is 378 g/mol. The van der Waals surface area contributed by atoms with Gasteiger partial charge < -0.3 is 5.11 Å². The highest BCUT2D eigenvalue weighted by Gasteiger charge is 2.13. The quantitative estimate of drug-likeness (QED) is 0.592. The maximum Gasteiger partial charge on any atom is 0.303 e. The number of benzene rings is 2. The van der Waals surface area contributed by atoms with Gasteiger partial charge in [0.15, 0.2) is 0 Å². The fourth-order valence-electron chi connectivity index (χ4n) is 2.31. The smallest absolute Gasteiger partial charge is 0.303 e. The number of nitrogens with zero attached hydrogens (tertiary/aromatic N) is 1. The molecule has 1 heterocycles. The van der Waals surface area contributed by atoms with Crippen LogP contribution in [0.15, 0.2) is 42.5 Å². The second kappa shape index (κ2) is 7.34. The van der Waals surface area contributed by atoms with Crippen LogP contribution in [0.4, 0.5) is 0 Å². The lowest BCUT2D eigenvalue weighted by Gasteiger charge is -2.06. The number of allylic oxidation sites excluding steroid dienone is 1. The number of hydrogen-bond acceptors (Lipinski definition) is 3. The van der Waals surface area contributed by atoms with Crippen LogP contribution in [-0.4, -0.2) is 16.1 Å². The number of hydrogen-bond donors (Lipinski definition) is 1. The fraction of sp³-hybridized carbons (Fsp3) is 0.111. The summed E-state index contributed by atoms with van der Waals surface area (Å²) in [6.45, 7) is 0. The van der Waals surface area contributed by atoms with Gasteiger partial charge in [-0.15, -0.1) is 11.3 Å². The van der Waals surface area contributed by atoms with E-state index in [0.29, 0.717) is 22.0 Å². The van der Waals surface area contributed by atoms with Crippen LogP contribution in [0.2, 0.25) is 10.0 Å². The van der Waals surface area contributed by atoms with E-state index in [9.17, 15) is 4.79 Å². The molecule has 1 aromatic heterocycles. The van der Waals surface area contributed by atoms with E-state index >= 15 is 0 Å². The van der Waals surface area contributed by atoms with Gasteiger partial charge in [-0.2, -0.15) is 0 Å². The number of halogens is 2. The summed E-state index contributed by atoms with van der Waals surface area (Å²) in [7, 11) is 0. The molecule has 1 N–H and O–H groups in total. The summed E-state index contributed by atoms with van der Waals surface area (Å²) in [5, 5.41) is 10.9. The molecule has 24 heavy (non-hydrogen) atoms. The number of carboxylic acid groups (broad SMARTS) is 1. The average Bonchev–Trinajstić information content (AvgIpc) is 2.97. The van der Waals surface area contributed by atoms with Gasteiger partial charge >= 0.3 is 5.97 Å². The summed E-state index contributed by atoms with van der Waals surface area (Å²) in [6.07, 6.45) is 2.21. The van der Waals surface area contributed by atoms with Gasteiger partial charge in [0.2, 0.25) is 0 Å². The highest BCUT2D eigenvalue weighted by molar-refractivity contribution is 7.19. The highest BCUT2D eigenvalue weighted by atomic mass is 35.5. The fourth-order valence-corrected chi connectivity index (χ4v) is 3.83. The van der Waals surface area contributed by atoms with Crippen LogP contribution < -0.4 is 0 Å². The van der Waals surface area contributed by atoms with Crippen LogP contribution in [0.5, 0.6) is 0 Å². The van der Waals surface area contributed by atoms with Gasteiger partial charge in [0.25, 0.3) is 0 Å². The number of aromatic nitrogens is 1. The Labute approximate surface area is 153 Å². The third-order valence-electron chi connectivity index (χ3n) is 3.50. The molecule has 0 unspecified atom stereocenters. The Kier molecular flexibility index (Phi) is 5.19. The van der Waals surface area contributed by atoms with Crippen LogP contribution in [0, 0.1) is 0 Å². The highest BCUT2D eigenvalue weighted by Crippen LogP contribution is 2.34. The second-order valence-corrected chi connectivity index (χ2v) is 7.03. The van der Waals surface area contributed by atoms with Crippen molar-refractivity contribution >= 4 is 62.4 Å². The van der Waals surface area contributed by atoms with Gasteiger partial charge in [0.05, 0.1) is 10.2 Å². The zero-order chi connectivity index (χ0) is 17.1. The summed E-state index contributed by atoms with van der Waals surface area (Å²) < 4.78 is 1.05. The Balaban J connectivity index is 2.08. The Morgan fingerprint density at radius 2 is 1.79 bits per heavy atom. The van der Waals surface area contributed by atoms with Gasteiger partial charge in [0, 0.05) is 22.0 Å². The number of para-hydroxylation sites is 1. The van der Waals surface area contributed by atoms with Crippen molar-refractivity contribution in [3.63, 3.8) is 0 Å². The molecule has 0 fully saturated rings. The van der Waals surface area contributed by atoms with E-state index in [2.05, 4.69) is 4.98 Å². The molecule has 0 atom stereocenters. The lowest BCUT2D eigenvalue weighted by atomic mass is 10.1. The summed E-state index contributed by atoms with van der Waals surface area (Å²) in [4.78, 5) is 15.6. The lowest BCUT2D eigenvalue weighted by molar-refractivity contribution is -0.136. The molecular weight excluding hydrogens is 365 g/mol. The number of thiazole rings is 1. The standard InChI is InChI=1S/C18H13Cl2NO2S/c19-13-4-3-5-14(20)12(13)10-11(8-9-17(22)23)18-21-15-6-1-2-7-16(15)24-18/h1-7,10H,8-9H2,(H,22,23)/b11-10+. The van der Waals surface area contributed by atoms with Gasteiger partial charge in [-0.3, -0.25) is 4.79 Å². The maximum atomic E-state index is 11.0. The van der Waals surface area contributed by atoms with Crippen molar-refractivity contribution in [2.75, 3.05) is 0 Å². The molecule has 0 amide bonds.